The normalized spacial score (nSPS) is 20.3. The smallest absolute Gasteiger partial charge is 0.256 e. The van der Waals surface area contributed by atoms with Crippen LogP contribution in [0.3, 0.4) is 0 Å². The van der Waals surface area contributed by atoms with Gasteiger partial charge in [0.15, 0.2) is 5.79 Å². The van der Waals surface area contributed by atoms with Gasteiger partial charge in [-0.1, -0.05) is 0 Å². The fourth-order valence-electron chi connectivity index (χ4n) is 3.41. The Hall–Kier alpha value is -2.05. The molecular weight excluding hydrogens is 296 g/mol. The summed E-state index contributed by atoms with van der Waals surface area (Å²) >= 11 is 0. The van der Waals surface area contributed by atoms with E-state index in [-0.39, 0.29) is 5.91 Å². The molecule has 0 aliphatic carbocycles. The van der Waals surface area contributed by atoms with Crippen LogP contribution < -0.4 is 4.74 Å². The van der Waals surface area contributed by atoms with Crippen LogP contribution in [0.5, 0.6) is 5.75 Å². The number of amides is 1. The molecule has 2 aromatic rings. The largest absolute Gasteiger partial charge is 0.497 e. The van der Waals surface area contributed by atoms with E-state index >= 15 is 0 Å². The van der Waals surface area contributed by atoms with Gasteiger partial charge in [-0.3, -0.25) is 4.79 Å². The summed E-state index contributed by atoms with van der Waals surface area (Å²) < 4.78 is 16.7. The second-order valence-electron chi connectivity index (χ2n) is 6.01. The molecule has 6 nitrogen and oxygen atoms in total. The third-order valence-corrected chi connectivity index (χ3v) is 4.75. The van der Waals surface area contributed by atoms with Crippen molar-refractivity contribution in [3.63, 3.8) is 0 Å². The summed E-state index contributed by atoms with van der Waals surface area (Å²) in [5.74, 6) is 0.328. The molecule has 2 aliphatic heterocycles. The number of hydrogen-bond acceptors (Lipinski definition) is 4. The first-order chi connectivity index (χ1) is 11.2. The summed E-state index contributed by atoms with van der Waals surface area (Å²) in [6.07, 6.45) is 3.23. The zero-order chi connectivity index (χ0) is 15.9. The van der Waals surface area contributed by atoms with Crippen LogP contribution in [0.25, 0.3) is 10.9 Å². The molecule has 2 saturated heterocycles. The lowest BCUT2D eigenvalue weighted by Crippen LogP contribution is -2.47. The highest BCUT2D eigenvalue weighted by atomic mass is 16.7. The highest BCUT2D eigenvalue weighted by Crippen LogP contribution is 2.32. The summed E-state index contributed by atoms with van der Waals surface area (Å²) in [6, 6.07) is 5.70. The third-order valence-electron chi connectivity index (χ3n) is 4.75. The minimum absolute atomic E-state index is 0.0392. The van der Waals surface area contributed by atoms with Crippen LogP contribution in [0, 0.1) is 0 Å². The summed E-state index contributed by atoms with van der Waals surface area (Å²) in [4.78, 5) is 17.9. The Balaban J connectivity index is 1.55. The van der Waals surface area contributed by atoms with Crippen molar-refractivity contribution in [2.24, 2.45) is 0 Å². The fraction of sp³-hybridized carbons (Fsp3) is 0.471. The van der Waals surface area contributed by atoms with Gasteiger partial charge in [0, 0.05) is 43.0 Å². The molecule has 4 rings (SSSR count). The number of hydrogen-bond donors (Lipinski definition) is 1. The Morgan fingerprint density at radius 1 is 1.26 bits per heavy atom. The van der Waals surface area contributed by atoms with E-state index in [9.17, 15) is 4.79 Å². The van der Waals surface area contributed by atoms with Crippen molar-refractivity contribution in [2.45, 2.75) is 18.6 Å². The maximum atomic E-state index is 12.9. The van der Waals surface area contributed by atoms with E-state index in [4.69, 9.17) is 14.2 Å². The van der Waals surface area contributed by atoms with E-state index in [1.807, 2.05) is 23.1 Å². The molecule has 122 valence electrons. The van der Waals surface area contributed by atoms with Crippen LogP contribution in [0.1, 0.15) is 23.2 Å². The van der Waals surface area contributed by atoms with Gasteiger partial charge in [0.1, 0.15) is 5.75 Å². The molecule has 0 saturated carbocycles. The first-order valence-corrected chi connectivity index (χ1v) is 7.93. The van der Waals surface area contributed by atoms with E-state index < -0.39 is 5.79 Å². The minimum Gasteiger partial charge on any atom is -0.497 e. The Kier molecular flexibility index (Phi) is 3.50. The van der Waals surface area contributed by atoms with E-state index in [0.29, 0.717) is 31.9 Å². The maximum Gasteiger partial charge on any atom is 0.256 e. The third kappa shape index (κ3) is 2.48. The second-order valence-corrected chi connectivity index (χ2v) is 6.01. The average Bonchev–Trinajstić information content (AvgIpc) is 3.21. The lowest BCUT2D eigenvalue weighted by atomic mass is 10.0. The number of ether oxygens (including phenoxy) is 3. The van der Waals surface area contributed by atoms with Gasteiger partial charge in [0.05, 0.1) is 25.9 Å². The molecule has 1 aromatic heterocycles. The van der Waals surface area contributed by atoms with Gasteiger partial charge in [0.25, 0.3) is 5.91 Å². The van der Waals surface area contributed by atoms with Crippen molar-refractivity contribution in [3.8, 4) is 5.75 Å². The predicted octanol–water partition coefficient (Wildman–Crippen LogP) is 2.16. The molecule has 0 atom stereocenters. The van der Waals surface area contributed by atoms with E-state index in [1.54, 1.807) is 13.3 Å². The maximum absolute atomic E-state index is 12.9. The number of carbonyl (C=O) groups is 1. The SMILES string of the molecule is COc1ccc2[nH]cc(C(=O)N3CCC4(CC3)OCCO4)c2c1. The molecule has 0 bridgehead atoms. The standard InChI is InChI=1S/C17H20N2O4/c1-21-12-2-3-15-13(10-12)14(11-18-15)16(20)19-6-4-17(5-7-19)22-8-9-23-17/h2-3,10-11,18H,4-9H2,1H3. The van der Waals surface area contributed by atoms with Gasteiger partial charge in [0.2, 0.25) is 0 Å². The van der Waals surface area contributed by atoms with Crippen molar-refractivity contribution in [2.75, 3.05) is 33.4 Å². The number of aromatic amines is 1. The number of nitrogens with one attached hydrogen (secondary N) is 1. The highest BCUT2D eigenvalue weighted by Gasteiger charge is 2.41. The molecule has 1 spiro atoms. The number of fused-ring (bicyclic) bond motifs is 1. The summed E-state index contributed by atoms with van der Waals surface area (Å²) in [5.41, 5.74) is 1.62. The molecule has 3 heterocycles. The van der Waals surface area contributed by atoms with Crippen molar-refractivity contribution in [1.29, 1.82) is 0 Å². The van der Waals surface area contributed by atoms with E-state index in [0.717, 1.165) is 29.5 Å². The number of methoxy groups -OCH3 is 1. The van der Waals surface area contributed by atoms with Crippen molar-refractivity contribution < 1.29 is 19.0 Å². The topological polar surface area (TPSA) is 63.8 Å². The Morgan fingerprint density at radius 3 is 2.70 bits per heavy atom. The van der Waals surface area contributed by atoms with Crippen LogP contribution in [-0.2, 0) is 9.47 Å². The number of piperidine rings is 1. The fourth-order valence-corrected chi connectivity index (χ4v) is 3.41. The van der Waals surface area contributed by atoms with Crippen LogP contribution in [-0.4, -0.2) is 55.0 Å². The van der Waals surface area contributed by atoms with Gasteiger partial charge in [-0.2, -0.15) is 0 Å². The van der Waals surface area contributed by atoms with E-state index in [1.165, 1.54) is 0 Å². The monoisotopic (exact) mass is 316 g/mol. The predicted molar refractivity (Wildman–Crippen MR) is 84.6 cm³/mol. The van der Waals surface area contributed by atoms with Crippen LogP contribution in [0.4, 0.5) is 0 Å². The minimum atomic E-state index is -0.458. The number of benzene rings is 1. The van der Waals surface area contributed by atoms with Gasteiger partial charge in [-0.15, -0.1) is 0 Å². The number of nitrogens with zero attached hydrogens (tertiary/aromatic N) is 1. The number of likely N-dealkylation sites (tertiary alicyclic amines) is 1. The second kappa shape index (κ2) is 5.54. The highest BCUT2D eigenvalue weighted by molar-refractivity contribution is 6.07. The van der Waals surface area contributed by atoms with Crippen molar-refractivity contribution >= 4 is 16.8 Å². The Morgan fingerprint density at radius 2 is 2.00 bits per heavy atom. The molecule has 1 N–H and O–H groups in total. The number of aromatic nitrogens is 1. The summed E-state index contributed by atoms with van der Waals surface area (Å²) in [6.45, 7) is 2.59. The molecule has 0 unspecified atom stereocenters. The van der Waals surface area contributed by atoms with E-state index in [2.05, 4.69) is 4.98 Å². The quantitative estimate of drug-likeness (QED) is 0.922. The Bertz CT molecular complexity index is 723. The van der Waals surface area contributed by atoms with Crippen LogP contribution in [0.2, 0.25) is 0 Å². The first kappa shape index (κ1) is 14.5. The molecule has 6 heteroatoms. The van der Waals surface area contributed by atoms with Crippen molar-refractivity contribution in [1.82, 2.24) is 9.88 Å². The van der Waals surface area contributed by atoms with Gasteiger partial charge in [-0.25, -0.2) is 0 Å². The summed E-state index contributed by atoms with van der Waals surface area (Å²) in [7, 11) is 1.63. The molecule has 2 fully saturated rings. The lowest BCUT2D eigenvalue weighted by Gasteiger charge is -2.37. The molecule has 1 aromatic carbocycles. The van der Waals surface area contributed by atoms with Gasteiger partial charge < -0.3 is 24.1 Å². The molecule has 23 heavy (non-hydrogen) atoms. The summed E-state index contributed by atoms with van der Waals surface area (Å²) in [5, 5.41) is 0.892. The molecule has 1 amide bonds. The van der Waals surface area contributed by atoms with Crippen LogP contribution >= 0.6 is 0 Å². The van der Waals surface area contributed by atoms with Crippen LogP contribution in [0.15, 0.2) is 24.4 Å². The molecule has 0 radical (unpaired) electrons. The Labute approximate surface area is 134 Å². The number of rotatable bonds is 2. The lowest BCUT2D eigenvalue weighted by molar-refractivity contribution is -0.181. The molecule has 2 aliphatic rings. The number of H-pyrrole nitrogens is 1. The van der Waals surface area contributed by atoms with Gasteiger partial charge in [-0.05, 0) is 18.2 Å². The zero-order valence-corrected chi connectivity index (χ0v) is 13.1. The zero-order valence-electron chi connectivity index (χ0n) is 13.1. The number of carbonyl (C=O) groups excluding carboxylic acids is 1. The van der Waals surface area contributed by atoms with Gasteiger partial charge >= 0.3 is 0 Å². The average molecular weight is 316 g/mol. The first-order valence-electron chi connectivity index (χ1n) is 7.93. The van der Waals surface area contributed by atoms with Crippen molar-refractivity contribution in [3.05, 3.63) is 30.0 Å². The molecular formula is C17H20N2O4.